The SMILES string of the molecule is C/C=C(Nc1ccc(C)cc1F)\C(=C/N(C)C=O)C(=O)N1CC(O)(CNC)C1. The number of carbonyl (C=O) groups excluding carboxylic acids is 2. The standard InChI is InChI=1S/C20H27FN4O3/c1-5-17(23-18-7-6-14(2)8-16(18)21)15(9-24(4)13-26)19(27)25-11-20(28,12-25)10-22-3/h5-9,13,22-23,28H,10-12H2,1-4H3/b15-9+,17-5+. The average molecular weight is 390 g/mol. The second-order valence-electron chi connectivity index (χ2n) is 7.04. The van der Waals surface area contributed by atoms with Crippen molar-refractivity contribution in [3.8, 4) is 0 Å². The van der Waals surface area contributed by atoms with Crippen LogP contribution in [0.1, 0.15) is 12.5 Å². The molecule has 7 nitrogen and oxygen atoms in total. The first kappa shape index (κ1) is 21.6. The Labute approximate surface area is 164 Å². The molecule has 0 bridgehead atoms. The first-order chi connectivity index (χ1) is 13.2. The Morgan fingerprint density at radius 1 is 1.43 bits per heavy atom. The van der Waals surface area contributed by atoms with Crippen LogP contribution < -0.4 is 10.6 Å². The second-order valence-corrected chi connectivity index (χ2v) is 7.04. The van der Waals surface area contributed by atoms with Gasteiger partial charge in [0, 0.05) is 25.5 Å². The van der Waals surface area contributed by atoms with Crippen LogP contribution in [0.5, 0.6) is 0 Å². The molecule has 1 fully saturated rings. The van der Waals surface area contributed by atoms with Gasteiger partial charge in [0.2, 0.25) is 6.41 Å². The van der Waals surface area contributed by atoms with Gasteiger partial charge in [0.25, 0.3) is 5.91 Å². The molecular formula is C20H27FN4O3. The molecule has 3 N–H and O–H groups in total. The summed E-state index contributed by atoms with van der Waals surface area (Å²) in [5, 5.41) is 16.1. The van der Waals surface area contributed by atoms with Crippen molar-refractivity contribution in [3.05, 3.63) is 53.1 Å². The summed E-state index contributed by atoms with van der Waals surface area (Å²) in [6.45, 7) is 4.21. The van der Waals surface area contributed by atoms with E-state index < -0.39 is 11.4 Å². The van der Waals surface area contributed by atoms with Crippen LogP contribution in [-0.2, 0) is 9.59 Å². The second kappa shape index (κ2) is 8.99. The third-order valence-electron chi connectivity index (χ3n) is 4.47. The zero-order valence-electron chi connectivity index (χ0n) is 16.6. The third-order valence-corrected chi connectivity index (χ3v) is 4.47. The Balaban J connectivity index is 2.27. The maximum atomic E-state index is 14.3. The molecule has 1 saturated heterocycles. The molecule has 1 aliphatic rings. The molecule has 0 spiro atoms. The Morgan fingerprint density at radius 3 is 2.64 bits per heavy atom. The number of hydrogen-bond acceptors (Lipinski definition) is 5. The van der Waals surface area contributed by atoms with Crippen molar-refractivity contribution in [2.45, 2.75) is 19.4 Å². The van der Waals surface area contributed by atoms with Crippen molar-refractivity contribution < 1.29 is 19.1 Å². The summed E-state index contributed by atoms with van der Waals surface area (Å²) in [4.78, 5) is 26.8. The van der Waals surface area contributed by atoms with Gasteiger partial charge in [-0.15, -0.1) is 0 Å². The minimum Gasteiger partial charge on any atom is -0.385 e. The lowest BCUT2D eigenvalue weighted by molar-refractivity contribution is -0.150. The maximum absolute atomic E-state index is 14.3. The van der Waals surface area contributed by atoms with Crippen LogP contribution in [0.25, 0.3) is 0 Å². The van der Waals surface area contributed by atoms with Crippen molar-refractivity contribution in [1.82, 2.24) is 15.1 Å². The predicted molar refractivity (Wildman–Crippen MR) is 106 cm³/mol. The van der Waals surface area contributed by atoms with E-state index in [9.17, 15) is 19.1 Å². The van der Waals surface area contributed by atoms with E-state index in [0.717, 1.165) is 5.56 Å². The van der Waals surface area contributed by atoms with Crippen molar-refractivity contribution in [1.29, 1.82) is 0 Å². The number of halogens is 1. The van der Waals surface area contributed by atoms with Crippen LogP contribution in [0.4, 0.5) is 10.1 Å². The quantitative estimate of drug-likeness (QED) is 0.353. The van der Waals surface area contributed by atoms with E-state index in [4.69, 9.17) is 0 Å². The number of allylic oxidation sites excluding steroid dienone is 1. The van der Waals surface area contributed by atoms with E-state index in [1.807, 2.05) is 0 Å². The number of benzene rings is 1. The molecular weight excluding hydrogens is 363 g/mol. The fourth-order valence-electron chi connectivity index (χ4n) is 3.05. The third kappa shape index (κ3) is 4.96. The smallest absolute Gasteiger partial charge is 0.257 e. The van der Waals surface area contributed by atoms with Crippen LogP contribution in [-0.4, -0.2) is 66.6 Å². The molecule has 0 atom stereocenters. The Bertz CT molecular complexity index is 801. The van der Waals surface area contributed by atoms with Crippen LogP contribution >= 0.6 is 0 Å². The van der Waals surface area contributed by atoms with Gasteiger partial charge >= 0.3 is 0 Å². The van der Waals surface area contributed by atoms with E-state index in [0.29, 0.717) is 18.7 Å². The monoisotopic (exact) mass is 390 g/mol. The number of hydrogen-bond donors (Lipinski definition) is 3. The van der Waals surface area contributed by atoms with Gasteiger partial charge < -0.3 is 25.5 Å². The number of likely N-dealkylation sites (tertiary alicyclic amines) is 1. The van der Waals surface area contributed by atoms with Crippen LogP contribution in [0.3, 0.4) is 0 Å². The number of β-amino-alcohol motifs (C(OH)–C–C–N with tert-alkyl or cyclic N) is 1. The van der Waals surface area contributed by atoms with Crippen molar-refractivity contribution >= 4 is 18.0 Å². The number of amides is 2. The van der Waals surface area contributed by atoms with E-state index in [1.54, 1.807) is 39.1 Å². The van der Waals surface area contributed by atoms with E-state index in [1.165, 1.54) is 29.1 Å². The highest BCUT2D eigenvalue weighted by molar-refractivity contribution is 5.99. The Morgan fingerprint density at radius 2 is 2.11 bits per heavy atom. The van der Waals surface area contributed by atoms with Crippen LogP contribution in [0.2, 0.25) is 0 Å². The van der Waals surface area contributed by atoms with Gasteiger partial charge in [0.1, 0.15) is 11.4 Å². The van der Waals surface area contributed by atoms with Gasteiger partial charge in [-0.2, -0.15) is 0 Å². The molecule has 2 amide bonds. The molecule has 1 aromatic carbocycles. The number of likely N-dealkylation sites (N-methyl/N-ethyl adjacent to an activating group) is 1. The molecule has 0 radical (unpaired) electrons. The van der Waals surface area contributed by atoms with Crippen LogP contribution in [0.15, 0.2) is 41.7 Å². The van der Waals surface area contributed by atoms with E-state index in [2.05, 4.69) is 10.6 Å². The van der Waals surface area contributed by atoms with Gasteiger partial charge in [-0.3, -0.25) is 9.59 Å². The van der Waals surface area contributed by atoms with E-state index in [-0.39, 0.29) is 30.3 Å². The highest BCUT2D eigenvalue weighted by Crippen LogP contribution is 2.26. The number of aryl methyl sites for hydroxylation is 1. The molecule has 1 aliphatic heterocycles. The number of carbonyl (C=O) groups is 2. The molecule has 0 saturated carbocycles. The fraction of sp³-hybridized carbons (Fsp3) is 0.400. The normalized spacial score (nSPS) is 16.4. The average Bonchev–Trinajstić information content (AvgIpc) is 2.63. The number of nitrogens with zero attached hydrogens (tertiary/aromatic N) is 2. The first-order valence-electron chi connectivity index (χ1n) is 8.98. The first-order valence-corrected chi connectivity index (χ1v) is 8.98. The molecule has 8 heteroatoms. The predicted octanol–water partition coefficient (Wildman–Crippen LogP) is 1.21. The fourth-order valence-corrected chi connectivity index (χ4v) is 3.05. The lowest BCUT2D eigenvalue weighted by Gasteiger charge is -2.46. The minimum atomic E-state index is -0.974. The summed E-state index contributed by atoms with van der Waals surface area (Å²) in [6.07, 6.45) is 3.60. The summed E-state index contributed by atoms with van der Waals surface area (Å²) in [5.41, 5.74) is 0.594. The highest BCUT2D eigenvalue weighted by Gasteiger charge is 2.44. The molecule has 0 unspecified atom stereocenters. The number of rotatable bonds is 8. The minimum absolute atomic E-state index is 0.171. The van der Waals surface area contributed by atoms with Crippen molar-refractivity contribution in [2.75, 3.05) is 39.0 Å². The van der Waals surface area contributed by atoms with E-state index >= 15 is 0 Å². The number of anilines is 1. The molecule has 2 rings (SSSR count). The number of nitrogens with one attached hydrogen (secondary N) is 2. The zero-order valence-corrected chi connectivity index (χ0v) is 16.6. The highest BCUT2D eigenvalue weighted by atomic mass is 19.1. The molecule has 1 aromatic rings. The summed E-state index contributed by atoms with van der Waals surface area (Å²) in [7, 11) is 3.23. The van der Waals surface area contributed by atoms with Gasteiger partial charge in [-0.1, -0.05) is 12.1 Å². The van der Waals surface area contributed by atoms with Gasteiger partial charge in [-0.25, -0.2) is 4.39 Å². The molecule has 1 heterocycles. The molecule has 152 valence electrons. The summed E-state index contributed by atoms with van der Waals surface area (Å²) < 4.78 is 14.3. The zero-order chi connectivity index (χ0) is 20.9. The van der Waals surface area contributed by atoms with Gasteiger partial charge in [0.05, 0.1) is 24.4 Å². The molecule has 0 aromatic heterocycles. The van der Waals surface area contributed by atoms with Gasteiger partial charge in [-0.05, 0) is 38.6 Å². The lowest BCUT2D eigenvalue weighted by atomic mass is 9.93. The summed E-state index contributed by atoms with van der Waals surface area (Å²) in [5.74, 6) is -0.801. The van der Waals surface area contributed by atoms with Gasteiger partial charge in [0.15, 0.2) is 0 Å². The Hall–Kier alpha value is -2.71. The molecule has 0 aliphatic carbocycles. The molecule has 28 heavy (non-hydrogen) atoms. The largest absolute Gasteiger partial charge is 0.385 e. The topological polar surface area (TPSA) is 84.9 Å². The maximum Gasteiger partial charge on any atom is 0.257 e. The lowest BCUT2D eigenvalue weighted by Crippen LogP contribution is -2.67. The summed E-state index contributed by atoms with van der Waals surface area (Å²) in [6, 6.07) is 4.75. The summed E-state index contributed by atoms with van der Waals surface area (Å²) >= 11 is 0. The Kier molecular flexibility index (Phi) is 6.93. The van der Waals surface area contributed by atoms with Crippen LogP contribution in [0, 0.1) is 12.7 Å². The van der Waals surface area contributed by atoms with Crippen molar-refractivity contribution in [3.63, 3.8) is 0 Å². The number of aliphatic hydroxyl groups is 1. The van der Waals surface area contributed by atoms with Crippen molar-refractivity contribution in [2.24, 2.45) is 0 Å².